The van der Waals surface area contributed by atoms with Crippen LogP contribution in [0.4, 0.5) is 0 Å². The van der Waals surface area contributed by atoms with Crippen LogP contribution in [0.25, 0.3) is 0 Å². The highest BCUT2D eigenvalue weighted by molar-refractivity contribution is 5.62. The van der Waals surface area contributed by atoms with E-state index in [1.165, 1.54) is 44.9 Å². The van der Waals surface area contributed by atoms with E-state index < -0.39 is 5.97 Å². The fourth-order valence-electron chi connectivity index (χ4n) is 1.31. The fraction of sp³-hybridized carbons (Fsp3) is 0.786. The number of carboxylic acid groups (broad SMARTS) is 1. The van der Waals surface area contributed by atoms with Crippen LogP contribution < -0.4 is 0 Å². The van der Waals surface area contributed by atoms with Crippen molar-refractivity contribution in [3.63, 3.8) is 0 Å². The Bertz CT molecular complexity index is 172. The van der Waals surface area contributed by atoms with Gasteiger partial charge >= 0.3 is 0 Å². The second kappa shape index (κ2) is 17.6. The van der Waals surface area contributed by atoms with Crippen molar-refractivity contribution in [2.45, 2.75) is 65.2 Å². The van der Waals surface area contributed by atoms with Gasteiger partial charge < -0.3 is 10.2 Å². The van der Waals surface area contributed by atoms with E-state index >= 15 is 0 Å². The lowest BCUT2D eigenvalue weighted by atomic mass is 10.1. The number of aliphatic hydroxyl groups excluding tert-OH is 1. The standard InChI is InChI=1S/C12H24O.C2H4O2/c1-2-3-4-5-6-7-8-9-10-11-12-13;1-2(3)4/h4-5,13H,2-3,6-12H2,1H3;1H3,(H,3,4). The van der Waals surface area contributed by atoms with Crippen LogP contribution in [0.2, 0.25) is 0 Å². The first kappa shape index (κ1) is 18.5. The quantitative estimate of drug-likeness (QED) is 0.479. The van der Waals surface area contributed by atoms with Crippen LogP contribution in [0.5, 0.6) is 0 Å². The molecule has 0 radical (unpaired) electrons. The molecule has 17 heavy (non-hydrogen) atoms. The predicted octanol–water partition coefficient (Wildman–Crippen LogP) is 3.77. The van der Waals surface area contributed by atoms with Crippen LogP contribution in [-0.4, -0.2) is 22.8 Å². The van der Waals surface area contributed by atoms with Gasteiger partial charge in [0, 0.05) is 13.5 Å². The topological polar surface area (TPSA) is 57.5 Å². The van der Waals surface area contributed by atoms with Gasteiger partial charge in [0.05, 0.1) is 0 Å². The number of carbonyl (C=O) groups is 1. The first-order chi connectivity index (χ1) is 8.15. The van der Waals surface area contributed by atoms with Gasteiger partial charge in [-0.15, -0.1) is 0 Å². The smallest absolute Gasteiger partial charge is 0.300 e. The van der Waals surface area contributed by atoms with Crippen LogP contribution in [0.15, 0.2) is 12.2 Å². The van der Waals surface area contributed by atoms with E-state index in [0.29, 0.717) is 6.61 Å². The molecule has 3 nitrogen and oxygen atoms in total. The van der Waals surface area contributed by atoms with Gasteiger partial charge in [-0.3, -0.25) is 4.79 Å². The molecule has 0 aromatic carbocycles. The summed E-state index contributed by atoms with van der Waals surface area (Å²) in [6.45, 7) is 3.65. The van der Waals surface area contributed by atoms with E-state index in [1.54, 1.807) is 0 Å². The molecule has 0 atom stereocenters. The highest BCUT2D eigenvalue weighted by Crippen LogP contribution is 2.05. The Morgan fingerprint density at radius 1 is 1.00 bits per heavy atom. The van der Waals surface area contributed by atoms with Crippen LogP contribution in [0.1, 0.15) is 65.2 Å². The lowest BCUT2D eigenvalue weighted by Gasteiger charge is -1.97. The molecule has 0 aliphatic carbocycles. The first-order valence-electron chi connectivity index (χ1n) is 6.60. The Kier molecular flexibility index (Phi) is 19.1. The van der Waals surface area contributed by atoms with Crippen LogP contribution in [0.3, 0.4) is 0 Å². The molecule has 0 aliphatic heterocycles. The molecule has 0 rings (SSSR count). The van der Waals surface area contributed by atoms with E-state index in [4.69, 9.17) is 15.0 Å². The third-order valence-electron chi connectivity index (χ3n) is 2.15. The summed E-state index contributed by atoms with van der Waals surface area (Å²) in [5.41, 5.74) is 0. The van der Waals surface area contributed by atoms with Gasteiger partial charge in [-0.1, -0.05) is 44.8 Å². The Morgan fingerprint density at radius 2 is 1.47 bits per heavy atom. The molecule has 0 spiro atoms. The summed E-state index contributed by atoms with van der Waals surface area (Å²) in [4.78, 5) is 9.00. The molecule has 0 aromatic rings. The second-order valence-electron chi connectivity index (χ2n) is 4.06. The third-order valence-corrected chi connectivity index (χ3v) is 2.15. The highest BCUT2D eigenvalue weighted by atomic mass is 16.4. The van der Waals surface area contributed by atoms with Crippen molar-refractivity contribution in [3.05, 3.63) is 12.2 Å². The van der Waals surface area contributed by atoms with Crippen molar-refractivity contribution < 1.29 is 15.0 Å². The molecule has 0 unspecified atom stereocenters. The maximum Gasteiger partial charge on any atom is 0.300 e. The van der Waals surface area contributed by atoms with Gasteiger partial charge in [-0.2, -0.15) is 0 Å². The SMILES string of the molecule is CC(=O)O.CCCC=CCCCCCCCO. The summed E-state index contributed by atoms with van der Waals surface area (Å²) >= 11 is 0. The summed E-state index contributed by atoms with van der Waals surface area (Å²) in [5, 5.41) is 16.0. The third kappa shape index (κ3) is 31.3. The van der Waals surface area contributed by atoms with E-state index in [2.05, 4.69) is 19.1 Å². The number of aliphatic carboxylic acids is 1. The summed E-state index contributed by atoms with van der Waals surface area (Å²) in [6.07, 6.45) is 14.4. The molecule has 0 fully saturated rings. The van der Waals surface area contributed by atoms with Gasteiger partial charge in [-0.25, -0.2) is 0 Å². The lowest BCUT2D eigenvalue weighted by Crippen LogP contribution is -1.83. The summed E-state index contributed by atoms with van der Waals surface area (Å²) in [5.74, 6) is -0.833. The van der Waals surface area contributed by atoms with Crippen molar-refractivity contribution >= 4 is 5.97 Å². The summed E-state index contributed by atoms with van der Waals surface area (Å²) < 4.78 is 0. The van der Waals surface area contributed by atoms with Gasteiger partial charge in [-0.05, 0) is 25.7 Å². The number of hydrogen-bond acceptors (Lipinski definition) is 2. The zero-order valence-electron chi connectivity index (χ0n) is 11.3. The second-order valence-corrected chi connectivity index (χ2v) is 4.06. The number of rotatable bonds is 9. The summed E-state index contributed by atoms with van der Waals surface area (Å²) in [7, 11) is 0. The first-order valence-corrected chi connectivity index (χ1v) is 6.60. The minimum atomic E-state index is -0.833. The molecule has 0 heterocycles. The molecule has 102 valence electrons. The van der Waals surface area contributed by atoms with E-state index in [1.807, 2.05) is 0 Å². The van der Waals surface area contributed by atoms with Crippen LogP contribution in [0, 0.1) is 0 Å². The van der Waals surface area contributed by atoms with Gasteiger partial charge in [0.2, 0.25) is 0 Å². The van der Waals surface area contributed by atoms with Crippen LogP contribution in [-0.2, 0) is 4.79 Å². The molecular formula is C14H28O3. The monoisotopic (exact) mass is 244 g/mol. The van der Waals surface area contributed by atoms with Crippen molar-refractivity contribution in [2.75, 3.05) is 6.61 Å². The number of unbranched alkanes of at least 4 members (excludes halogenated alkanes) is 6. The van der Waals surface area contributed by atoms with Crippen LogP contribution >= 0.6 is 0 Å². The Morgan fingerprint density at radius 3 is 2.00 bits per heavy atom. The largest absolute Gasteiger partial charge is 0.481 e. The predicted molar refractivity (Wildman–Crippen MR) is 72.1 cm³/mol. The van der Waals surface area contributed by atoms with Crippen molar-refractivity contribution in [2.24, 2.45) is 0 Å². The molecule has 0 bridgehead atoms. The van der Waals surface area contributed by atoms with Crippen molar-refractivity contribution in [1.82, 2.24) is 0 Å². The molecule has 0 aromatic heterocycles. The maximum atomic E-state index is 9.00. The normalized spacial score (nSPS) is 10.1. The Hall–Kier alpha value is -0.830. The molecular weight excluding hydrogens is 216 g/mol. The number of allylic oxidation sites excluding steroid dienone is 2. The molecule has 0 amide bonds. The fourth-order valence-corrected chi connectivity index (χ4v) is 1.31. The zero-order valence-corrected chi connectivity index (χ0v) is 11.3. The minimum absolute atomic E-state index is 0.358. The van der Waals surface area contributed by atoms with E-state index in [9.17, 15) is 0 Å². The molecule has 3 heteroatoms. The lowest BCUT2D eigenvalue weighted by molar-refractivity contribution is -0.134. The van der Waals surface area contributed by atoms with Crippen molar-refractivity contribution in [3.8, 4) is 0 Å². The van der Waals surface area contributed by atoms with E-state index in [0.717, 1.165) is 13.3 Å². The van der Waals surface area contributed by atoms with Crippen molar-refractivity contribution in [1.29, 1.82) is 0 Å². The molecule has 2 N–H and O–H groups in total. The number of hydrogen-bond donors (Lipinski definition) is 2. The number of aliphatic hydroxyl groups is 1. The highest BCUT2D eigenvalue weighted by Gasteiger charge is 1.87. The molecule has 0 aliphatic rings. The average Bonchev–Trinajstić information content (AvgIpc) is 2.26. The molecule has 0 saturated carbocycles. The summed E-state index contributed by atoms with van der Waals surface area (Å²) in [6, 6.07) is 0. The molecule has 0 saturated heterocycles. The van der Waals surface area contributed by atoms with E-state index in [-0.39, 0.29) is 0 Å². The van der Waals surface area contributed by atoms with Gasteiger partial charge in [0.1, 0.15) is 0 Å². The Labute approximate surface area is 106 Å². The minimum Gasteiger partial charge on any atom is -0.481 e. The average molecular weight is 244 g/mol. The van der Waals surface area contributed by atoms with Gasteiger partial charge in [0.25, 0.3) is 5.97 Å². The number of carboxylic acids is 1. The van der Waals surface area contributed by atoms with Gasteiger partial charge in [0.15, 0.2) is 0 Å². The zero-order chi connectivity index (χ0) is 13.4. The maximum absolute atomic E-state index is 9.00. The Balaban J connectivity index is 0.